The molecule has 2 aliphatic rings. The van der Waals surface area contributed by atoms with Crippen molar-refractivity contribution in [2.45, 2.75) is 12.8 Å². The molecule has 1 aromatic rings. The third kappa shape index (κ3) is 2.73. The van der Waals surface area contributed by atoms with E-state index >= 15 is 0 Å². The molecule has 0 N–H and O–H groups in total. The smallest absolute Gasteiger partial charge is 0.119 e. The van der Waals surface area contributed by atoms with Gasteiger partial charge < -0.3 is 9.64 Å². The number of hydrogen-bond donors (Lipinski definition) is 0. The Kier molecular flexibility index (Phi) is 3.54. The van der Waals surface area contributed by atoms with Crippen molar-refractivity contribution >= 4 is 5.69 Å². The van der Waals surface area contributed by atoms with Crippen molar-refractivity contribution in [3.05, 3.63) is 24.3 Å². The van der Waals surface area contributed by atoms with Gasteiger partial charge >= 0.3 is 0 Å². The van der Waals surface area contributed by atoms with Crippen molar-refractivity contribution in [3.8, 4) is 11.8 Å². The molecule has 0 aromatic heterocycles. The van der Waals surface area contributed by atoms with Gasteiger partial charge in [-0.25, -0.2) is 0 Å². The maximum atomic E-state index is 9.17. The fourth-order valence-corrected chi connectivity index (χ4v) is 2.84. The number of anilines is 1. The van der Waals surface area contributed by atoms with E-state index in [4.69, 9.17) is 10.00 Å². The lowest BCUT2D eigenvalue weighted by Gasteiger charge is -2.36. The topological polar surface area (TPSA) is 39.5 Å². The van der Waals surface area contributed by atoms with Crippen molar-refractivity contribution in [3.63, 3.8) is 0 Å². The molecule has 0 unspecified atom stereocenters. The summed E-state index contributed by atoms with van der Waals surface area (Å²) in [6.07, 6.45) is 2.17. The Morgan fingerprint density at radius 3 is 2.30 bits per heavy atom. The highest BCUT2D eigenvalue weighted by Crippen LogP contribution is 2.45. The third-order valence-electron chi connectivity index (χ3n) is 4.43. The molecule has 1 aromatic carbocycles. The van der Waals surface area contributed by atoms with E-state index in [1.807, 2.05) is 12.1 Å². The van der Waals surface area contributed by atoms with Gasteiger partial charge in [-0.2, -0.15) is 5.26 Å². The molecule has 0 spiro atoms. The maximum Gasteiger partial charge on any atom is 0.119 e. The van der Waals surface area contributed by atoms with E-state index in [-0.39, 0.29) is 5.41 Å². The molecular formula is C16H21N3O. The van der Waals surface area contributed by atoms with Crippen molar-refractivity contribution in [2.75, 3.05) is 44.7 Å². The van der Waals surface area contributed by atoms with Crippen LogP contribution in [0.3, 0.4) is 0 Å². The molecule has 0 amide bonds. The average molecular weight is 271 g/mol. The summed E-state index contributed by atoms with van der Waals surface area (Å²) in [6.45, 7) is 5.13. The molecule has 2 fully saturated rings. The summed E-state index contributed by atoms with van der Waals surface area (Å²) in [5.41, 5.74) is 1.24. The fourth-order valence-electron chi connectivity index (χ4n) is 2.84. The first-order valence-electron chi connectivity index (χ1n) is 7.27. The van der Waals surface area contributed by atoms with Gasteiger partial charge in [0, 0.05) is 38.4 Å². The van der Waals surface area contributed by atoms with Crippen molar-refractivity contribution in [2.24, 2.45) is 5.41 Å². The Morgan fingerprint density at radius 2 is 1.80 bits per heavy atom. The highest BCUT2D eigenvalue weighted by Gasteiger charge is 2.44. The molecule has 1 aliphatic carbocycles. The maximum absolute atomic E-state index is 9.17. The van der Waals surface area contributed by atoms with Crippen LogP contribution in [0.5, 0.6) is 5.75 Å². The monoisotopic (exact) mass is 271 g/mol. The van der Waals surface area contributed by atoms with Crippen LogP contribution in [-0.2, 0) is 0 Å². The molecule has 0 radical (unpaired) electrons. The first-order valence-corrected chi connectivity index (χ1v) is 7.27. The Labute approximate surface area is 120 Å². The first kappa shape index (κ1) is 13.3. The lowest BCUT2D eigenvalue weighted by Crippen LogP contribution is -2.48. The molecular weight excluding hydrogens is 250 g/mol. The molecule has 1 heterocycles. The second kappa shape index (κ2) is 5.34. The minimum atomic E-state index is -0.0116. The van der Waals surface area contributed by atoms with Crippen molar-refractivity contribution in [1.82, 2.24) is 4.90 Å². The second-order valence-corrected chi connectivity index (χ2v) is 5.85. The van der Waals surface area contributed by atoms with Crippen LogP contribution in [0.4, 0.5) is 5.69 Å². The number of nitriles is 1. The molecule has 106 valence electrons. The Hall–Kier alpha value is -1.73. The van der Waals surface area contributed by atoms with Crippen molar-refractivity contribution < 1.29 is 4.74 Å². The molecule has 1 saturated carbocycles. The molecule has 4 nitrogen and oxygen atoms in total. The largest absolute Gasteiger partial charge is 0.497 e. The van der Waals surface area contributed by atoms with E-state index in [1.54, 1.807) is 7.11 Å². The van der Waals surface area contributed by atoms with Gasteiger partial charge in [-0.1, -0.05) is 0 Å². The predicted molar refractivity (Wildman–Crippen MR) is 78.9 cm³/mol. The van der Waals surface area contributed by atoms with E-state index < -0.39 is 0 Å². The summed E-state index contributed by atoms with van der Waals surface area (Å²) in [5, 5.41) is 9.17. The van der Waals surface area contributed by atoms with Crippen LogP contribution >= 0.6 is 0 Å². The highest BCUT2D eigenvalue weighted by atomic mass is 16.5. The van der Waals surface area contributed by atoms with Gasteiger partial charge in [0.15, 0.2) is 0 Å². The predicted octanol–water partition coefficient (Wildman–Crippen LogP) is 2.12. The number of methoxy groups -OCH3 is 1. The quantitative estimate of drug-likeness (QED) is 0.841. The number of nitrogens with zero attached hydrogens (tertiary/aromatic N) is 3. The van der Waals surface area contributed by atoms with Crippen LogP contribution in [0.1, 0.15) is 12.8 Å². The molecule has 0 bridgehead atoms. The fraction of sp³-hybridized carbons (Fsp3) is 0.562. The van der Waals surface area contributed by atoms with E-state index in [2.05, 4.69) is 28.0 Å². The zero-order valence-electron chi connectivity index (χ0n) is 12.0. The molecule has 3 rings (SSSR count). The van der Waals surface area contributed by atoms with Gasteiger partial charge in [0.1, 0.15) is 5.75 Å². The van der Waals surface area contributed by atoms with Crippen molar-refractivity contribution in [1.29, 1.82) is 5.26 Å². The lowest BCUT2D eigenvalue weighted by molar-refractivity contribution is 0.229. The van der Waals surface area contributed by atoms with Gasteiger partial charge in [0.25, 0.3) is 0 Å². The minimum absolute atomic E-state index is 0.0116. The summed E-state index contributed by atoms with van der Waals surface area (Å²) in [6, 6.07) is 10.7. The van der Waals surface area contributed by atoms with Crippen LogP contribution in [0.15, 0.2) is 24.3 Å². The third-order valence-corrected chi connectivity index (χ3v) is 4.43. The zero-order valence-corrected chi connectivity index (χ0v) is 12.0. The normalized spacial score (nSPS) is 21.3. The molecule has 20 heavy (non-hydrogen) atoms. The van der Waals surface area contributed by atoms with Gasteiger partial charge in [0.05, 0.1) is 18.6 Å². The first-order chi connectivity index (χ1) is 9.74. The second-order valence-electron chi connectivity index (χ2n) is 5.85. The van der Waals surface area contributed by atoms with Crippen LogP contribution in [0.2, 0.25) is 0 Å². The van der Waals surface area contributed by atoms with Crippen LogP contribution in [-0.4, -0.2) is 44.7 Å². The zero-order chi connectivity index (χ0) is 14.0. The van der Waals surface area contributed by atoms with Crippen LogP contribution in [0.25, 0.3) is 0 Å². The van der Waals surface area contributed by atoms with Gasteiger partial charge in [-0.3, -0.25) is 4.90 Å². The number of rotatable bonds is 4. The van der Waals surface area contributed by atoms with Gasteiger partial charge in [-0.05, 0) is 37.1 Å². The molecule has 1 aliphatic heterocycles. The van der Waals surface area contributed by atoms with E-state index in [0.29, 0.717) is 0 Å². The highest BCUT2D eigenvalue weighted by molar-refractivity contribution is 5.49. The number of piperazine rings is 1. The average Bonchev–Trinajstić information content (AvgIpc) is 3.28. The number of benzene rings is 1. The van der Waals surface area contributed by atoms with Crippen LogP contribution in [0, 0.1) is 16.7 Å². The standard InChI is InChI=1S/C16H21N3O/c1-20-15-4-2-14(3-5-15)19-10-8-18(9-11-19)13-16(12-17)6-7-16/h2-5H,6-11,13H2,1H3. The van der Waals surface area contributed by atoms with E-state index in [9.17, 15) is 0 Å². The number of ether oxygens (including phenoxy) is 1. The summed E-state index contributed by atoms with van der Waals surface area (Å²) < 4.78 is 5.19. The summed E-state index contributed by atoms with van der Waals surface area (Å²) >= 11 is 0. The van der Waals surface area contributed by atoms with Crippen LogP contribution < -0.4 is 9.64 Å². The van der Waals surface area contributed by atoms with Gasteiger partial charge in [-0.15, -0.1) is 0 Å². The summed E-state index contributed by atoms with van der Waals surface area (Å²) in [7, 11) is 1.69. The summed E-state index contributed by atoms with van der Waals surface area (Å²) in [4.78, 5) is 4.85. The molecule has 0 atom stereocenters. The summed E-state index contributed by atoms with van der Waals surface area (Å²) in [5.74, 6) is 0.900. The molecule has 4 heteroatoms. The molecule has 1 saturated heterocycles. The lowest BCUT2D eigenvalue weighted by atomic mass is 10.1. The SMILES string of the molecule is COc1ccc(N2CCN(CC3(C#N)CC3)CC2)cc1. The Morgan fingerprint density at radius 1 is 1.15 bits per heavy atom. The Bertz CT molecular complexity index is 493. The minimum Gasteiger partial charge on any atom is -0.497 e. The Balaban J connectivity index is 1.54. The van der Waals surface area contributed by atoms with E-state index in [0.717, 1.165) is 51.3 Å². The van der Waals surface area contributed by atoms with Gasteiger partial charge in [0.2, 0.25) is 0 Å². The number of hydrogen-bond acceptors (Lipinski definition) is 4. The van der Waals surface area contributed by atoms with E-state index in [1.165, 1.54) is 5.69 Å².